The van der Waals surface area contributed by atoms with Crippen molar-refractivity contribution in [3.05, 3.63) is 0 Å². The van der Waals surface area contributed by atoms with Crippen LogP contribution in [-0.2, 0) is 4.79 Å². The van der Waals surface area contributed by atoms with Gasteiger partial charge in [-0.25, -0.2) is 4.79 Å². The molecule has 0 aromatic heterocycles. The van der Waals surface area contributed by atoms with Crippen molar-refractivity contribution in [1.82, 2.24) is 9.80 Å². The fourth-order valence-electron chi connectivity index (χ4n) is 1.94. The molecular formula is C12H22N2O3. The summed E-state index contributed by atoms with van der Waals surface area (Å²) in [5.41, 5.74) is 0. The zero-order chi connectivity index (χ0) is 13.0. The number of nitrogens with zero attached hydrogens (tertiary/aromatic N) is 2. The number of rotatable bonds is 6. The molecule has 0 aromatic carbocycles. The second-order valence-electron chi connectivity index (χ2n) is 4.86. The fourth-order valence-corrected chi connectivity index (χ4v) is 1.94. The van der Waals surface area contributed by atoms with Crippen LogP contribution in [0.4, 0.5) is 4.79 Å². The van der Waals surface area contributed by atoms with Crippen molar-refractivity contribution in [1.29, 1.82) is 0 Å². The minimum absolute atomic E-state index is 0.00719. The number of hydrogen-bond acceptors (Lipinski definition) is 2. The molecule has 17 heavy (non-hydrogen) atoms. The smallest absolute Gasteiger partial charge is 0.319 e. The third-order valence-electron chi connectivity index (χ3n) is 3.36. The van der Waals surface area contributed by atoms with Crippen LogP contribution >= 0.6 is 0 Å². The van der Waals surface area contributed by atoms with Crippen molar-refractivity contribution in [3.63, 3.8) is 0 Å². The summed E-state index contributed by atoms with van der Waals surface area (Å²) in [6, 6.07) is -0.0622. The molecule has 1 fully saturated rings. The van der Waals surface area contributed by atoms with Gasteiger partial charge in [-0.15, -0.1) is 0 Å². The van der Waals surface area contributed by atoms with E-state index in [2.05, 4.69) is 6.92 Å². The van der Waals surface area contributed by atoms with Crippen molar-refractivity contribution in [2.24, 2.45) is 11.8 Å². The van der Waals surface area contributed by atoms with Crippen molar-refractivity contribution in [2.75, 3.05) is 26.7 Å². The minimum Gasteiger partial charge on any atom is -0.481 e. The largest absolute Gasteiger partial charge is 0.481 e. The van der Waals surface area contributed by atoms with Crippen LogP contribution in [0, 0.1) is 11.8 Å². The lowest BCUT2D eigenvalue weighted by atomic mass is 10.3. The zero-order valence-electron chi connectivity index (χ0n) is 10.8. The Hall–Kier alpha value is -1.26. The molecule has 1 N–H and O–H groups in total. The van der Waals surface area contributed by atoms with Crippen LogP contribution in [0.25, 0.3) is 0 Å². The molecule has 0 radical (unpaired) electrons. The van der Waals surface area contributed by atoms with E-state index in [1.165, 1.54) is 6.42 Å². The van der Waals surface area contributed by atoms with Crippen LogP contribution in [0.2, 0.25) is 0 Å². The Balaban J connectivity index is 2.38. The van der Waals surface area contributed by atoms with Crippen molar-refractivity contribution in [2.45, 2.75) is 26.7 Å². The van der Waals surface area contributed by atoms with Gasteiger partial charge >= 0.3 is 12.0 Å². The minimum atomic E-state index is -0.866. The molecule has 0 aliphatic heterocycles. The predicted octanol–water partition coefficient (Wildman–Crippen LogP) is 1.49. The molecule has 0 heterocycles. The number of urea groups is 1. The van der Waals surface area contributed by atoms with E-state index < -0.39 is 5.97 Å². The first-order valence-electron chi connectivity index (χ1n) is 6.17. The van der Waals surface area contributed by atoms with Crippen LogP contribution in [0.5, 0.6) is 0 Å². The maximum absolute atomic E-state index is 12.0. The van der Waals surface area contributed by atoms with E-state index in [9.17, 15) is 9.59 Å². The Morgan fingerprint density at radius 2 is 2.00 bits per heavy atom. The van der Waals surface area contributed by atoms with Gasteiger partial charge in [-0.2, -0.15) is 0 Å². The number of carbonyl (C=O) groups is 2. The Bertz CT molecular complexity index is 293. The Morgan fingerprint density at radius 1 is 1.41 bits per heavy atom. The lowest BCUT2D eigenvalue weighted by molar-refractivity contribution is -0.137. The van der Waals surface area contributed by atoms with Gasteiger partial charge in [0, 0.05) is 26.7 Å². The van der Waals surface area contributed by atoms with Crippen molar-refractivity contribution >= 4 is 12.0 Å². The quantitative estimate of drug-likeness (QED) is 0.767. The van der Waals surface area contributed by atoms with E-state index in [0.717, 1.165) is 12.5 Å². The summed E-state index contributed by atoms with van der Waals surface area (Å²) in [5.74, 6) is 0.483. The van der Waals surface area contributed by atoms with Crippen LogP contribution in [0.15, 0.2) is 0 Å². The normalized spacial score (nSPS) is 22.1. The number of hydrogen-bond donors (Lipinski definition) is 1. The van der Waals surface area contributed by atoms with E-state index in [1.54, 1.807) is 16.8 Å². The molecule has 1 aliphatic carbocycles. The number of aliphatic carboxylic acids is 1. The molecule has 1 aliphatic rings. The fraction of sp³-hybridized carbons (Fsp3) is 0.833. The Morgan fingerprint density at radius 3 is 2.41 bits per heavy atom. The highest BCUT2D eigenvalue weighted by Crippen LogP contribution is 2.38. The van der Waals surface area contributed by atoms with Crippen molar-refractivity contribution in [3.8, 4) is 0 Å². The van der Waals surface area contributed by atoms with Gasteiger partial charge in [0.05, 0.1) is 6.42 Å². The van der Waals surface area contributed by atoms with Gasteiger partial charge in [0.15, 0.2) is 0 Å². The van der Waals surface area contributed by atoms with E-state index >= 15 is 0 Å². The molecule has 0 aromatic rings. The molecule has 0 saturated heterocycles. The maximum Gasteiger partial charge on any atom is 0.319 e. The van der Waals surface area contributed by atoms with Gasteiger partial charge in [-0.1, -0.05) is 6.92 Å². The standard InChI is InChI=1S/C12H22N2O3/c1-4-14(6-5-11(15)16)12(17)13(3)8-10-7-9(10)2/h9-10H,4-8H2,1-3H3,(H,15,16). The van der Waals surface area contributed by atoms with Gasteiger partial charge in [-0.05, 0) is 25.2 Å². The number of amides is 2. The predicted molar refractivity (Wildman–Crippen MR) is 64.8 cm³/mol. The second-order valence-corrected chi connectivity index (χ2v) is 4.86. The monoisotopic (exact) mass is 242 g/mol. The Kier molecular flexibility index (Phi) is 4.78. The topological polar surface area (TPSA) is 60.9 Å². The molecule has 98 valence electrons. The van der Waals surface area contributed by atoms with E-state index in [1.807, 2.05) is 6.92 Å². The lowest BCUT2D eigenvalue weighted by Crippen LogP contribution is -2.42. The molecule has 2 amide bonds. The van der Waals surface area contributed by atoms with Gasteiger partial charge < -0.3 is 14.9 Å². The average molecular weight is 242 g/mol. The van der Waals surface area contributed by atoms with Gasteiger partial charge in [0.2, 0.25) is 0 Å². The van der Waals surface area contributed by atoms with E-state index in [-0.39, 0.29) is 19.0 Å². The first-order valence-corrected chi connectivity index (χ1v) is 6.17. The summed E-state index contributed by atoms with van der Waals surface area (Å²) in [7, 11) is 1.79. The number of carboxylic acids is 1. The van der Waals surface area contributed by atoms with Gasteiger partial charge in [0.25, 0.3) is 0 Å². The van der Waals surface area contributed by atoms with E-state index in [4.69, 9.17) is 5.11 Å². The highest BCUT2D eigenvalue weighted by Gasteiger charge is 2.34. The highest BCUT2D eigenvalue weighted by atomic mass is 16.4. The highest BCUT2D eigenvalue weighted by molar-refractivity contribution is 5.75. The summed E-state index contributed by atoms with van der Waals surface area (Å²) in [6.45, 7) is 5.67. The van der Waals surface area contributed by atoms with Crippen molar-refractivity contribution < 1.29 is 14.7 Å². The maximum atomic E-state index is 12.0. The summed E-state index contributed by atoms with van der Waals surface area (Å²) < 4.78 is 0. The SMILES string of the molecule is CCN(CCC(=O)O)C(=O)N(C)CC1CC1C. The molecule has 1 rings (SSSR count). The number of carboxylic acid groups (broad SMARTS) is 1. The molecule has 5 heteroatoms. The molecule has 0 spiro atoms. The summed E-state index contributed by atoms with van der Waals surface area (Å²) in [4.78, 5) is 25.8. The molecule has 2 atom stereocenters. The van der Waals surface area contributed by atoms with Gasteiger partial charge in [-0.3, -0.25) is 4.79 Å². The van der Waals surface area contributed by atoms with Crippen LogP contribution in [0.1, 0.15) is 26.7 Å². The number of carbonyl (C=O) groups excluding carboxylic acids is 1. The van der Waals surface area contributed by atoms with Crippen LogP contribution in [-0.4, -0.2) is 53.6 Å². The zero-order valence-corrected chi connectivity index (χ0v) is 10.8. The van der Waals surface area contributed by atoms with Gasteiger partial charge in [0.1, 0.15) is 0 Å². The molecule has 5 nitrogen and oxygen atoms in total. The molecule has 0 bridgehead atoms. The first-order chi connectivity index (χ1) is 7.95. The summed E-state index contributed by atoms with van der Waals surface area (Å²) in [5, 5.41) is 8.62. The summed E-state index contributed by atoms with van der Waals surface area (Å²) >= 11 is 0. The summed E-state index contributed by atoms with van der Waals surface area (Å²) in [6.07, 6.45) is 1.20. The average Bonchev–Trinajstić information content (AvgIpc) is 2.94. The Labute approximate surface area is 102 Å². The molecular weight excluding hydrogens is 220 g/mol. The molecule has 2 unspecified atom stereocenters. The third-order valence-corrected chi connectivity index (χ3v) is 3.36. The lowest BCUT2D eigenvalue weighted by Gasteiger charge is -2.27. The second kappa shape index (κ2) is 5.89. The van der Waals surface area contributed by atoms with Crippen LogP contribution < -0.4 is 0 Å². The van der Waals surface area contributed by atoms with Crippen LogP contribution in [0.3, 0.4) is 0 Å². The molecule has 1 saturated carbocycles. The first kappa shape index (κ1) is 13.8. The van der Waals surface area contributed by atoms with E-state index in [0.29, 0.717) is 12.5 Å². The third kappa shape index (κ3) is 4.24.